The molecule has 0 radical (unpaired) electrons. The Bertz CT molecular complexity index is 444. The number of halogens is 1. The smallest absolute Gasteiger partial charge is 0.236 e. The lowest BCUT2D eigenvalue weighted by atomic mass is 10.2. The molecule has 0 bridgehead atoms. The number of rotatable bonds is 4. The van der Waals surface area contributed by atoms with Crippen LogP contribution in [0.3, 0.4) is 0 Å². The minimum atomic E-state index is 0.162. The van der Waals surface area contributed by atoms with Crippen molar-refractivity contribution < 1.29 is 4.79 Å². The Morgan fingerprint density at radius 3 is 2.83 bits per heavy atom. The molecule has 1 aliphatic heterocycles. The largest absolute Gasteiger partial charge is 0.334 e. The lowest BCUT2D eigenvalue weighted by Crippen LogP contribution is -2.47. The lowest BCUT2D eigenvalue weighted by molar-refractivity contribution is -0.132. The van der Waals surface area contributed by atoms with Crippen molar-refractivity contribution in [2.75, 3.05) is 19.6 Å². The fraction of sp³-hybridized carbons (Fsp3) is 0.667. The molecule has 1 saturated heterocycles. The van der Waals surface area contributed by atoms with E-state index in [0.29, 0.717) is 13.1 Å². The van der Waals surface area contributed by atoms with E-state index < -0.39 is 0 Å². The van der Waals surface area contributed by atoms with Crippen LogP contribution in [0.25, 0.3) is 0 Å². The molecule has 1 amide bonds. The van der Waals surface area contributed by atoms with Crippen molar-refractivity contribution in [2.24, 2.45) is 0 Å². The zero-order chi connectivity index (χ0) is 13.1. The summed E-state index contributed by atoms with van der Waals surface area (Å²) in [4.78, 5) is 13.7. The summed E-state index contributed by atoms with van der Waals surface area (Å²) in [5.41, 5.74) is 2.17. The van der Waals surface area contributed by atoms with Gasteiger partial charge >= 0.3 is 0 Å². The number of carbonyl (C=O) groups excluding carboxylic acids is 1. The highest BCUT2D eigenvalue weighted by atomic mass is 79.9. The molecule has 0 atom stereocenters. The predicted molar refractivity (Wildman–Crippen MR) is 73.3 cm³/mol. The van der Waals surface area contributed by atoms with Crippen LogP contribution in [0, 0.1) is 0 Å². The van der Waals surface area contributed by atoms with Crippen molar-refractivity contribution >= 4 is 21.8 Å². The Morgan fingerprint density at radius 1 is 1.44 bits per heavy atom. The van der Waals surface area contributed by atoms with Gasteiger partial charge in [0.05, 0.1) is 29.0 Å². The number of piperazine rings is 1. The molecule has 0 saturated carbocycles. The fourth-order valence-corrected chi connectivity index (χ4v) is 2.85. The third-order valence-corrected chi connectivity index (χ3v) is 4.14. The number of hydrogen-bond donors (Lipinski definition) is 1. The van der Waals surface area contributed by atoms with Gasteiger partial charge in [0.25, 0.3) is 0 Å². The lowest BCUT2D eigenvalue weighted by Gasteiger charge is -2.27. The third kappa shape index (κ3) is 2.59. The number of aromatic nitrogens is 2. The monoisotopic (exact) mass is 314 g/mol. The van der Waals surface area contributed by atoms with Gasteiger partial charge in [-0.1, -0.05) is 6.92 Å². The topological polar surface area (TPSA) is 50.2 Å². The maximum atomic E-state index is 11.8. The van der Waals surface area contributed by atoms with E-state index in [-0.39, 0.29) is 5.91 Å². The van der Waals surface area contributed by atoms with Crippen LogP contribution < -0.4 is 5.32 Å². The maximum absolute atomic E-state index is 11.8. The summed E-state index contributed by atoms with van der Waals surface area (Å²) in [5, 5.41) is 7.64. The molecule has 2 heterocycles. The van der Waals surface area contributed by atoms with Gasteiger partial charge in [-0.25, -0.2) is 0 Å². The molecule has 1 aromatic heterocycles. The average molecular weight is 315 g/mol. The molecule has 2 rings (SSSR count). The summed E-state index contributed by atoms with van der Waals surface area (Å²) < 4.78 is 3.04. The van der Waals surface area contributed by atoms with Gasteiger partial charge in [0, 0.05) is 19.6 Å². The van der Waals surface area contributed by atoms with Crippen LogP contribution in [0.1, 0.15) is 25.2 Å². The molecule has 0 spiro atoms. The molecule has 18 heavy (non-hydrogen) atoms. The minimum absolute atomic E-state index is 0.162. The molecule has 100 valence electrons. The number of nitrogens with one attached hydrogen (secondary N) is 1. The molecule has 5 nitrogen and oxygen atoms in total. The van der Waals surface area contributed by atoms with E-state index in [1.807, 2.05) is 9.58 Å². The number of nitrogens with zero attached hydrogens (tertiary/aromatic N) is 3. The molecule has 1 aliphatic rings. The molecule has 1 N–H and O–H groups in total. The minimum Gasteiger partial charge on any atom is -0.334 e. The van der Waals surface area contributed by atoms with Crippen LogP contribution in [0.2, 0.25) is 0 Å². The zero-order valence-electron chi connectivity index (χ0n) is 10.9. The van der Waals surface area contributed by atoms with Gasteiger partial charge in [-0.3, -0.25) is 9.48 Å². The normalized spacial score (nSPS) is 16.4. The Hall–Kier alpha value is -0.880. The Kier molecular flexibility index (Phi) is 4.40. The summed E-state index contributed by atoms with van der Waals surface area (Å²) in [6.07, 6.45) is 0.899. The van der Waals surface area contributed by atoms with Crippen LogP contribution in [0.4, 0.5) is 0 Å². The zero-order valence-corrected chi connectivity index (χ0v) is 12.5. The highest BCUT2D eigenvalue weighted by molar-refractivity contribution is 9.10. The van der Waals surface area contributed by atoms with Crippen molar-refractivity contribution in [3.63, 3.8) is 0 Å². The standard InChI is InChI=1S/C12H19BrN4O/c1-3-9-12(13)10(17(4-2)15-9)8-16-6-5-14-7-11(16)18/h14H,3-8H2,1-2H3. The third-order valence-electron chi connectivity index (χ3n) is 3.22. The van der Waals surface area contributed by atoms with Crippen molar-refractivity contribution in [2.45, 2.75) is 33.4 Å². The van der Waals surface area contributed by atoms with Crippen molar-refractivity contribution in [3.05, 3.63) is 15.9 Å². The highest BCUT2D eigenvalue weighted by Gasteiger charge is 2.22. The van der Waals surface area contributed by atoms with Crippen LogP contribution in [0.5, 0.6) is 0 Å². The van der Waals surface area contributed by atoms with Crippen molar-refractivity contribution in [3.8, 4) is 0 Å². The van der Waals surface area contributed by atoms with E-state index in [9.17, 15) is 4.79 Å². The summed E-state index contributed by atoms with van der Waals surface area (Å²) >= 11 is 3.61. The quantitative estimate of drug-likeness (QED) is 0.907. The van der Waals surface area contributed by atoms with E-state index in [2.05, 4.69) is 40.2 Å². The molecule has 6 heteroatoms. The average Bonchev–Trinajstić information content (AvgIpc) is 2.69. The molecular weight excluding hydrogens is 296 g/mol. The maximum Gasteiger partial charge on any atom is 0.236 e. The van der Waals surface area contributed by atoms with Crippen LogP contribution in [0.15, 0.2) is 4.47 Å². The first kappa shape index (κ1) is 13.5. The summed E-state index contributed by atoms with van der Waals surface area (Å²) in [7, 11) is 0. The van der Waals surface area contributed by atoms with Gasteiger partial charge < -0.3 is 10.2 Å². The molecule has 1 aromatic rings. The second kappa shape index (κ2) is 5.84. The van der Waals surface area contributed by atoms with E-state index in [4.69, 9.17) is 0 Å². The molecule has 1 fully saturated rings. The fourth-order valence-electron chi connectivity index (χ4n) is 2.16. The van der Waals surface area contributed by atoms with Crippen molar-refractivity contribution in [1.29, 1.82) is 0 Å². The Labute approximate surface area is 116 Å². The van der Waals surface area contributed by atoms with Gasteiger partial charge in [-0.05, 0) is 29.3 Å². The van der Waals surface area contributed by atoms with E-state index in [1.54, 1.807) is 0 Å². The first-order chi connectivity index (χ1) is 8.67. The number of amides is 1. The molecule has 0 unspecified atom stereocenters. The van der Waals surface area contributed by atoms with Gasteiger partial charge in [0.2, 0.25) is 5.91 Å². The first-order valence-corrected chi connectivity index (χ1v) is 7.19. The van der Waals surface area contributed by atoms with Gasteiger partial charge in [-0.15, -0.1) is 0 Å². The van der Waals surface area contributed by atoms with E-state index in [1.165, 1.54) is 0 Å². The molecule has 0 aromatic carbocycles. The second-order valence-electron chi connectivity index (χ2n) is 4.37. The van der Waals surface area contributed by atoms with Gasteiger partial charge in [-0.2, -0.15) is 5.10 Å². The Balaban J connectivity index is 2.21. The number of aryl methyl sites for hydroxylation is 2. The van der Waals surface area contributed by atoms with Gasteiger partial charge in [0.15, 0.2) is 0 Å². The summed E-state index contributed by atoms with van der Waals surface area (Å²) in [5.74, 6) is 0.162. The van der Waals surface area contributed by atoms with Crippen LogP contribution in [-0.4, -0.2) is 40.2 Å². The van der Waals surface area contributed by atoms with Crippen LogP contribution >= 0.6 is 15.9 Å². The Morgan fingerprint density at radius 2 is 2.22 bits per heavy atom. The van der Waals surface area contributed by atoms with E-state index >= 15 is 0 Å². The molecule has 0 aliphatic carbocycles. The number of hydrogen-bond acceptors (Lipinski definition) is 3. The van der Waals surface area contributed by atoms with Crippen molar-refractivity contribution in [1.82, 2.24) is 20.0 Å². The molecular formula is C12H19BrN4O. The predicted octanol–water partition coefficient (Wildman–Crippen LogP) is 1.16. The summed E-state index contributed by atoms with van der Waals surface area (Å²) in [6.45, 7) is 7.70. The first-order valence-electron chi connectivity index (χ1n) is 6.39. The van der Waals surface area contributed by atoms with Crippen LogP contribution in [-0.2, 0) is 24.3 Å². The van der Waals surface area contributed by atoms with E-state index in [0.717, 1.165) is 41.9 Å². The summed E-state index contributed by atoms with van der Waals surface area (Å²) in [6, 6.07) is 0. The highest BCUT2D eigenvalue weighted by Crippen LogP contribution is 2.23. The van der Waals surface area contributed by atoms with Gasteiger partial charge in [0.1, 0.15) is 0 Å². The number of carbonyl (C=O) groups is 1. The second-order valence-corrected chi connectivity index (χ2v) is 5.16. The SMILES string of the molecule is CCc1nn(CC)c(CN2CCNCC2=O)c1Br.